The van der Waals surface area contributed by atoms with Crippen LogP contribution in [0.25, 0.3) is 33.6 Å². The number of hydrogen-bond acceptors (Lipinski definition) is 3. The summed E-state index contributed by atoms with van der Waals surface area (Å²) >= 11 is 0. The van der Waals surface area contributed by atoms with Crippen LogP contribution in [-0.4, -0.2) is 19.9 Å². The number of rotatable bonds is 1. The van der Waals surface area contributed by atoms with Crippen molar-refractivity contribution in [2.75, 3.05) is 0 Å². The first kappa shape index (κ1) is 16.1. The number of aryl methyl sites for hydroxylation is 3. The van der Waals surface area contributed by atoms with Crippen LogP contribution in [0.3, 0.4) is 0 Å². The lowest BCUT2D eigenvalue weighted by atomic mass is 9.85. The van der Waals surface area contributed by atoms with Crippen LogP contribution in [0.5, 0.6) is 5.75 Å². The highest BCUT2D eigenvalue weighted by Crippen LogP contribution is 2.43. The van der Waals surface area contributed by atoms with Crippen LogP contribution in [0.4, 0.5) is 0 Å². The fourth-order valence-electron chi connectivity index (χ4n) is 4.34. The van der Waals surface area contributed by atoms with E-state index in [1.165, 1.54) is 22.3 Å². The van der Waals surface area contributed by atoms with Crippen LogP contribution < -0.4 is 10.3 Å². The molecule has 1 unspecified atom stereocenters. The van der Waals surface area contributed by atoms with Crippen LogP contribution in [0.1, 0.15) is 22.6 Å². The fraction of sp³-hybridized carbons (Fsp3) is 0.182. The molecular formula is C22H19N4OP. The van der Waals surface area contributed by atoms with E-state index in [1.807, 2.05) is 13.1 Å². The van der Waals surface area contributed by atoms with Crippen LogP contribution in [0.15, 0.2) is 36.5 Å². The molecule has 0 bridgehead atoms. The van der Waals surface area contributed by atoms with Gasteiger partial charge in [0.1, 0.15) is 23.7 Å². The number of nitrogens with one attached hydrogen (secondary N) is 2. The van der Waals surface area contributed by atoms with Gasteiger partial charge in [-0.25, -0.2) is 9.97 Å². The van der Waals surface area contributed by atoms with Crippen LogP contribution in [0.2, 0.25) is 0 Å². The zero-order valence-electron chi connectivity index (χ0n) is 15.5. The lowest BCUT2D eigenvalue weighted by Gasteiger charge is -2.25. The van der Waals surface area contributed by atoms with Crippen LogP contribution in [0, 0.1) is 6.92 Å². The van der Waals surface area contributed by atoms with Gasteiger partial charge in [0.25, 0.3) is 0 Å². The molecule has 5 nitrogen and oxygen atoms in total. The van der Waals surface area contributed by atoms with E-state index in [4.69, 9.17) is 4.74 Å². The van der Waals surface area contributed by atoms with E-state index in [-0.39, 0.29) is 0 Å². The van der Waals surface area contributed by atoms with Crippen molar-refractivity contribution in [2.24, 2.45) is 0 Å². The van der Waals surface area contributed by atoms with Gasteiger partial charge in [-0.1, -0.05) is 15.3 Å². The summed E-state index contributed by atoms with van der Waals surface area (Å²) in [5.74, 6) is 1.85. The average Bonchev–Trinajstić information content (AvgIpc) is 3.31. The maximum Gasteiger partial charge on any atom is 0.128 e. The monoisotopic (exact) mass is 386 g/mol. The third kappa shape index (κ3) is 2.36. The van der Waals surface area contributed by atoms with Crippen molar-refractivity contribution in [3.05, 3.63) is 59.2 Å². The zero-order valence-corrected chi connectivity index (χ0v) is 16.6. The molecule has 2 aromatic heterocycles. The Morgan fingerprint density at radius 2 is 1.89 bits per heavy atom. The number of hydrogen-bond donors (Lipinski definition) is 2. The first-order valence-electron chi connectivity index (χ1n) is 9.45. The van der Waals surface area contributed by atoms with Crippen molar-refractivity contribution < 1.29 is 4.74 Å². The summed E-state index contributed by atoms with van der Waals surface area (Å²) in [6.45, 7) is 2.54. The van der Waals surface area contributed by atoms with Crippen molar-refractivity contribution in [3.8, 4) is 39.4 Å². The summed E-state index contributed by atoms with van der Waals surface area (Å²) < 4.78 is 6.14. The molecular weight excluding hydrogens is 367 g/mol. The van der Waals surface area contributed by atoms with E-state index < -0.39 is 0 Å². The van der Waals surface area contributed by atoms with Crippen LogP contribution >= 0.6 is 9.24 Å². The number of aromatic amines is 2. The molecule has 1 aliphatic carbocycles. The second-order valence-corrected chi connectivity index (χ2v) is 8.04. The van der Waals surface area contributed by atoms with Gasteiger partial charge in [-0.2, -0.15) is 0 Å². The SMILES string of the molecule is Cc1ncc(-c2ccc3c(c2)OCc2cc4c(cc2-3)CCc2nc(P)[nH]c2-4)[nH]1. The molecule has 4 aromatic rings. The standard InChI is InChI=1S/C22H19N4OP/c1-11-23-9-19(24-11)13-2-4-15-16-6-12-3-5-18-21(26-22(28)25-18)17(12)7-14(16)10-27-20(15)8-13/h2,4,6-9H,3,5,10,28H2,1H3,(H,23,24)(H,25,26). The molecule has 0 fully saturated rings. The summed E-state index contributed by atoms with van der Waals surface area (Å²) in [5, 5.41) is 0. The Balaban J connectivity index is 1.47. The minimum Gasteiger partial charge on any atom is -0.488 e. The summed E-state index contributed by atoms with van der Waals surface area (Å²) in [4.78, 5) is 15.6. The lowest BCUT2D eigenvalue weighted by Crippen LogP contribution is -2.10. The van der Waals surface area contributed by atoms with Gasteiger partial charge in [-0.3, -0.25) is 0 Å². The molecule has 0 saturated carbocycles. The summed E-state index contributed by atoms with van der Waals surface area (Å²) in [5.41, 5.74) is 11.6. The van der Waals surface area contributed by atoms with Gasteiger partial charge < -0.3 is 14.7 Å². The first-order chi connectivity index (χ1) is 13.7. The third-order valence-electron chi connectivity index (χ3n) is 5.70. The molecule has 2 aliphatic rings. The molecule has 0 amide bonds. The van der Waals surface area contributed by atoms with Gasteiger partial charge in [0.05, 0.1) is 23.3 Å². The Morgan fingerprint density at radius 1 is 1.00 bits per heavy atom. The second-order valence-electron chi connectivity index (χ2n) is 7.49. The summed E-state index contributed by atoms with van der Waals surface area (Å²) in [6.07, 6.45) is 3.87. The van der Waals surface area contributed by atoms with Gasteiger partial charge in [0, 0.05) is 16.7 Å². The smallest absolute Gasteiger partial charge is 0.128 e. The van der Waals surface area contributed by atoms with Crippen LogP contribution in [-0.2, 0) is 19.4 Å². The molecule has 3 heterocycles. The van der Waals surface area contributed by atoms with Crippen molar-refractivity contribution in [3.63, 3.8) is 0 Å². The van der Waals surface area contributed by atoms with E-state index in [9.17, 15) is 0 Å². The molecule has 138 valence electrons. The molecule has 0 spiro atoms. The first-order valence-corrected chi connectivity index (χ1v) is 10.0. The Hall–Kier alpha value is -2.91. The number of H-pyrrole nitrogens is 2. The fourth-order valence-corrected chi connectivity index (χ4v) is 4.64. The Kier molecular flexibility index (Phi) is 3.33. The van der Waals surface area contributed by atoms with E-state index in [0.717, 1.165) is 58.2 Å². The summed E-state index contributed by atoms with van der Waals surface area (Å²) in [6, 6.07) is 11.0. The van der Waals surface area contributed by atoms with Crippen molar-refractivity contribution in [2.45, 2.75) is 26.4 Å². The molecule has 1 aliphatic heterocycles. The molecule has 0 saturated heterocycles. The normalized spacial score (nSPS) is 13.9. The Labute approximate surface area is 164 Å². The maximum atomic E-state index is 6.14. The Morgan fingerprint density at radius 3 is 2.75 bits per heavy atom. The number of imidazole rings is 2. The third-order valence-corrected chi connectivity index (χ3v) is 5.97. The number of benzene rings is 2. The van der Waals surface area contributed by atoms with Gasteiger partial charge in [0.15, 0.2) is 0 Å². The van der Waals surface area contributed by atoms with E-state index in [2.05, 4.69) is 59.5 Å². The minimum absolute atomic E-state index is 0.582. The van der Waals surface area contributed by atoms with Crippen molar-refractivity contribution in [1.29, 1.82) is 0 Å². The highest BCUT2D eigenvalue weighted by molar-refractivity contribution is 7.26. The predicted molar refractivity (Wildman–Crippen MR) is 113 cm³/mol. The molecule has 28 heavy (non-hydrogen) atoms. The zero-order chi connectivity index (χ0) is 18.8. The second kappa shape index (κ2) is 5.79. The highest BCUT2D eigenvalue weighted by Gasteiger charge is 2.25. The number of fused-ring (bicyclic) bond motifs is 6. The van der Waals surface area contributed by atoms with Crippen molar-refractivity contribution >= 4 is 14.8 Å². The molecule has 6 rings (SSSR count). The predicted octanol–water partition coefficient (Wildman–Crippen LogP) is 3.93. The van der Waals surface area contributed by atoms with Gasteiger partial charge in [-0.15, -0.1) is 0 Å². The number of ether oxygens (including phenoxy) is 1. The molecule has 1 atom stereocenters. The highest BCUT2D eigenvalue weighted by atomic mass is 31.0. The average molecular weight is 386 g/mol. The van der Waals surface area contributed by atoms with Crippen molar-refractivity contribution in [1.82, 2.24) is 19.9 Å². The minimum atomic E-state index is 0.582. The van der Waals surface area contributed by atoms with E-state index >= 15 is 0 Å². The maximum absolute atomic E-state index is 6.14. The Bertz CT molecular complexity index is 1250. The molecule has 6 heteroatoms. The molecule has 2 N–H and O–H groups in total. The molecule has 2 aromatic carbocycles. The number of nitrogens with zero attached hydrogens (tertiary/aromatic N) is 2. The largest absolute Gasteiger partial charge is 0.488 e. The quantitative estimate of drug-likeness (QED) is 0.487. The van der Waals surface area contributed by atoms with Gasteiger partial charge in [-0.05, 0) is 60.7 Å². The molecule has 0 radical (unpaired) electrons. The van der Waals surface area contributed by atoms with E-state index in [1.54, 1.807) is 0 Å². The van der Waals surface area contributed by atoms with Gasteiger partial charge in [0.2, 0.25) is 0 Å². The lowest BCUT2D eigenvalue weighted by molar-refractivity contribution is 0.302. The summed E-state index contributed by atoms with van der Waals surface area (Å²) in [7, 11) is 2.67. The topological polar surface area (TPSA) is 66.6 Å². The number of aromatic nitrogens is 4. The van der Waals surface area contributed by atoms with Gasteiger partial charge >= 0.3 is 0 Å². The van der Waals surface area contributed by atoms with E-state index in [0.29, 0.717) is 6.61 Å².